The topological polar surface area (TPSA) is 99.3 Å². The molecule has 1 saturated carbocycles. The molecule has 0 spiro atoms. The first-order valence-corrected chi connectivity index (χ1v) is 10.2. The van der Waals surface area contributed by atoms with Crippen LogP contribution in [0.5, 0.6) is 0 Å². The summed E-state index contributed by atoms with van der Waals surface area (Å²) in [4.78, 5) is 37.3. The third-order valence-electron chi connectivity index (χ3n) is 4.98. The van der Waals surface area contributed by atoms with Crippen LogP contribution in [0.25, 0.3) is 0 Å². The summed E-state index contributed by atoms with van der Waals surface area (Å²) in [6.45, 7) is 5.61. The second-order valence-electron chi connectivity index (χ2n) is 7.97. The van der Waals surface area contributed by atoms with Crippen LogP contribution in [0.1, 0.15) is 32.3 Å². The first-order chi connectivity index (χ1) is 14.3. The van der Waals surface area contributed by atoms with Crippen molar-refractivity contribution in [2.75, 3.05) is 16.0 Å². The van der Waals surface area contributed by atoms with E-state index in [1.807, 2.05) is 51.1 Å². The van der Waals surface area contributed by atoms with E-state index >= 15 is 0 Å². The molecular weight excluding hydrogens is 380 g/mol. The molecule has 2 aromatic rings. The fourth-order valence-electron chi connectivity index (χ4n) is 3.00. The van der Waals surface area contributed by atoms with Crippen LogP contribution < -0.4 is 21.3 Å². The molecule has 0 saturated heterocycles. The van der Waals surface area contributed by atoms with Gasteiger partial charge in [0.25, 0.3) is 0 Å². The van der Waals surface area contributed by atoms with Gasteiger partial charge in [-0.05, 0) is 55.5 Å². The lowest BCUT2D eigenvalue weighted by Gasteiger charge is -2.22. The number of rotatable bonds is 7. The zero-order chi connectivity index (χ0) is 21.7. The van der Waals surface area contributed by atoms with Crippen LogP contribution in [0.15, 0.2) is 48.5 Å². The molecule has 4 amide bonds. The highest BCUT2D eigenvalue weighted by atomic mass is 16.2. The molecule has 1 unspecified atom stereocenters. The van der Waals surface area contributed by atoms with Crippen LogP contribution >= 0.6 is 0 Å². The molecular formula is C23H28N4O3. The van der Waals surface area contributed by atoms with E-state index in [-0.39, 0.29) is 23.7 Å². The molecule has 30 heavy (non-hydrogen) atoms. The monoisotopic (exact) mass is 408 g/mol. The van der Waals surface area contributed by atoms with Crippen LogP contribution in [-0.2, 0) is 9.59 Å². The number of amides is 4. The zero-order valence-electron chi connectivity index (χ0n) is 17.5. The maximum atomic E-state index is 12.9. The average molecular weight is 409 g/mol. The van der Waals surface area contributed by atoms with Gasteiger partial charge in [0.1, 0.15) is 6.04 Å². The molecule has 0 heterocycles. The lowest BCUT2D eigenvalue weighted by Crippen LogP contribution is -2.48. The molecule has 0 aromatic heterocycles. The van der Waals surface area contributed by atoms with Gasteiger partial charge in [-0.25, -0.2) is 4.79 Å². The number of hydrogen-bond acceptors (Lipinski definition) is 3. The largest absolute Gasteiger partial charge is 0.326 e. The van der Waals surface area contributed by atoms with Crippen molar-refractivity contribution < 1.29 is 14.4 Å². The van der Waals surface area contributed by atoms with E-state index in [0.717, 1.165) is 18.4 Å². The van der Waals surface area contributed by atoms with E-state index in [1.54, 1.807) is 18.2 Å². The summed E-state index contributed by atoms with van der Waals surface area (Å²) in [7, 11) is 0. The van der Waals surface area contributed by atoms with Gasteiger partial charge in [0.05, 0.1) is 0 Å². The first kappa shape index (κ1) is 21.4. The van der Waals surface area contributed by atoms with E-state index in [9.17, 15) is 14.4 Å². The Labute approximate surface area is 176 Å². The number of urea groups is 1. The molecule has 3 rings (SSSR count). The van der Waals surface area contributed by atoms with Gasteiger partial charge in [0, 0.05) is 23.0 Å². The predicted octanol–water partition coefficient (Wildman–Crippen LogP) is 4.13. The normalized spacial score (nSPS) is 14.0. The second kappa shape index (κ2) is 9.43. The maximum absolute atomic E-state index is 12.9. The first-order valence-electron chi connectivity index (χ1n) is 10.2. The van der Waals surface area contributed by atoms with Gasteiger partial charge in [0.2, 0.25) is 11.8 Å². The van der Waals surface area contributed by atoms with E-state index in [0.29, 0.717) is 17.1 Å². The van der Waals surface area contributed by atoms with Gasteiger partial charge in [0.15, 0.2) is 0 Å². The number of anilines is 3. The van der Waals surface area contributed by atoms with E-state index in [4.69, 9.17) is 0 Å². The van der Waals surface area contributed by atoms with Gasteiger partial charge < -0.3 is 21.3 Å². The minimum absolute atomic E-state index is 0.00966. The number of benzene rings is 2. The van der Waals surface area contributed by atoms with Crippen LogP contribution in [0.4, 0.5) is 21.9 Å². The fourth-order valence-corrected chi connectivity index (χ4v) is 3.00. The summed E-state index contributed by atoms with van der Waals surface area (Å²) in [6, 6.07) is 13.3. The molecule has 1 fully saturated rings. The van der Waals surface area contributed by atoms with Gasteiger partial charge in [-0.1, -0.05) is 38.1 Å². The lowest BCUT2D eigenvalue weighted by atomic mass is 10.0. The van der Waals surface area contributed by atoms with Crippen LogP contribution in [-0.4, -0.2) is 23.9 Å². The molecule has 0 aliphatic heterocycles. The van der Waals surface area contributed by atoms with Gasteiger partial charge in [-0.2, -0.15) is 0 Å². The predicted molar refractivity (Wildman–Crippen MR) is 118 cm³/mol. The Bertz CT molecular complexity index is 923. The molecule has 0 radical (unpaired) electrons. The molecule has 7 heteroatoms. The standard InChI is InChI=1S/C23H28N4O3/c1-14(2)20(27-23(30)25-17-7-5-4-6-8-17)22(29)26-19-13-18(12-9-15(19)3)24-21(28)16-10-11-16/h4-9,12-14,16,20H,10-11H2,1-3H3,(H,24,28)(H,26,29)(H2,25,27,30). The highest BCUT2D eigenvalue weighted by Gasteiger charge is 2.30. The fraction of sp³-hybridized carbons (Fsp3) is 0.348. The summed E-state index contributed by atoms with van der Waals surface area (Å²) in [5, 5.41) is 11.2. The Morgan fingerprint density at radius 2 is 1.60 bits per heavy atom. The van der Waals surface area contributed by atoms with Crippen LogP contribution in [0.2, 0.25) is 0 Å². The molecule has 1 aliphatic carbocycles. The Kier molecular flexibility index (Phi) is 6.72. The summed E-state index contributed by atoms with van der Waals surface area (Å²) in [5.74, 6) is -0.330. The molecule has 1 atom stereocenters. The number of nitrogens with one attached hydrogen (secondary N) is 4. The Morgan fingerprint density at radius 3 is 2.23 bits per heavy atom. The van der Waals surface area contributed by atoms with Crippen molar-refractivity contribution in [3.8, 4) is 0 Å². The van der Waals surface area contributed by atoms with Crippen molar-refractivity contribution >= 4 is 34.9 Å². The summed E-state index contributed by atoms with van der Waals surface area (Å²) < 4.78 is 0. The third kappa shape index (κ3) is 5.83. The molecule has 1 aliphatic rings. The number of aryl methyl sites for hydroxylation is 1. The molecule has 158 valence electrons. The van der Waals surface area contributed by atoms with Crippen molar-refractivity contribution in [1.82, 2.24) is 5.32 Å². The number of para-hydroxylation sites is 1. The number of hydrogen-bond donors (Lipinski definition) is 4. The molecule has 0 bridgehead atoms. The summed E-state index contributed by atoms with van der Waals surface area (Å²) >= 11 is 0. The van der Waals surface area contributed by atoms with Gasteiger partial charge in [-0.3, -0.25) is 9.59 Å². The molecule has 2 aromatic carbocycles. The van der Waals surface area contributed by atoms with E-state index < -0.39 is 12.1 Å². The molecule has 4 N–H and O–H groups in total. The zero-order valence-corrected chi connectivity index (χ0v) is 17.5. The third-order valence-corrected chi connectivity index (χ3v) is 4.98. The highest BCUT2D eigenvalue weighted by molar-refractivity contribution is 6.00. The quantitative estimate of drug-likeness (QED) is 0.554. The molecule has 7 nitrogen and oxygen atoms in total. The number of carbonyl (C=O) groups is 3. The van der Waals surface area contributed by atoms with Crippen LogP contribution in [0.3, 0.4) is 0 Å². The summed E-state index contributed by atoms with van der Waals surface area (Å²) in [6.07, 6.45) is 1.85. The lowest BCUT2D eigenvalue weighted by molar-refractivity contribution is -0.119. The number of carbonyl (C=O) groups excluding carboxylic acids is 3. The van der Waals surface area contributed by atoms with E-state index in [2.05, 4.69) is 21.3 Å². The SMILES string of the molecule is Cc1ccc(NC(=O)C2CC2)cc1NC(=O)C(NC(=O)Nc1ccccc1)C(C)C. The maximum Gasteiger partial charge on any atom is 0.319 e. The van der Waals surface area contributed by atoms with E-state index in [1.165, 1.54) is 0 Å². The minimum atomic E-state index is -0.724. The Balaban J connectivity index is 1.65. The van der Waals surface area contributed by atoms with Crippen LogP contribution in [0, 0.1) is 18.8 Å². The van der Waals surface area contributed by atoms with Gasteiger partial charge in [-0.15, -0.1) is 0 Å². The van der Waals surface area contributed by atoms with Crippen molar-refractivity contribution in [2.45, 2.75) is 39.7 Å². The summed E-state index contributed by atoms with van der Waals surface area (Å²) in [5.41, 5.74) is 2.75. The smallest absolute Gasteiger partial charge is 0.319 e. The van der Waals surface area contributed by atoms with Gasteiger partial charge >= 0.3 is 6.03 Å². The van der Waals surface area contributed by atoms with Crippen molar-refractivity contribution in [2.24, 2.45) is 11.8 Å². The highest BCUT2D eigenvalue weighted by Crippen LogP contribution is 2.31. The minimum Gasteiger partial charge on any atom is -0.326 e. The van der Waals surface area contributed by atoms with Crippen molar-refractivity contribution in [3.05, 3.63) is 54.1 Å². The Hall–Kier alpha value is -3.35. The Morgan fingerprint density at radius 1 is 0.900 bits per heavy atom. The van der Waals surface area contributed by atoms with Crippen molar-refractivity contribution in [3.63, 3.8) is 0 Å². The average Bonchev–Trinajstić information content (AvgIpc) is 3.54. The second-order valence-corrected chi connectivity index (χ2v) is 7.97. The van der Waals surface area contributed by atoms with Crippen molar-refractivity contribution in [1.29, 1.82) is 0 Å².